The highest BCUT2D eigenvalue weighted by Gasteiger charge is 2.17. The maximum absolute atomic E-state index is 14.9. The first-order chi connectivity index (χ1) is 15.0. The molecule has 0 bridgehead atoms. The summed E-state index contributed by atoms with van der Waals surface area (Å²) in [6.07, 6.45) is 0. The molecule has 0 spiro atoms. The number of aryl methyl sites for hydroxylation is 1. The topological polar surface area (TPSA) is 76.8 Å². The standard InChI is InChI=1S/C23H24FN3O4/c1-16-11-23(29)27(22(25-16)15-31-19-4-2-3-17(12-19)14-28)18-5-6-21(20(24)13-18)26-7-9-30-10-8-26/h2-6,11-13,28H,7-10,14-15H2,1H3. The van der Waals surface area contributed by atoms with Gasteiger partial charge in [-0.2, -0.15) is 0 Å². The van der Waals surface area contributed by atoms with Gasteiger partial charge in [-0.3, -0.25) is 9.36 Å². The first kappa shape index (κ1) is 21.0. The number of benzene rings is 2. The number of aromatic nitrogens is 2. The average Bonchev–Trinajstić information content (AvgIpc) is 2.78. The molecule has 0 unspecified atom stereocenters. The minimum atomic E-state index is -0.408. The first-order valence-electron chi connectivity index (χ1n) is 10.1. The lowest BCUT2D eigenvalue weighted by atomic mass is 10.2. The maximum Gasteiger partial charge on any atom is 0.258 e. The molecule has 3 aromatic rings. The monoisotopic (exact) mass is 425 g/mol. The predicted molar refractivity (Wildman–Crippen MR) is 114 cm³/mol. The Morgan fingerprint density at radius 1 is 1.16 bits per heavy atom. The number of halogens is 1. The number of aliphatic hydroxyl groups excluding tert-OH is 1. The van der Waals surface area contributed by atoms with E-state index in [0.29, 0.717) is 60.5 Å². The second kappa shape index (κ2) is 9.28. The van der Waals surface area contributed by atoms with E-state index in [-0.39, 0.29) is 18.8 Å². The molecule has 0 saturated carbocycles. The van der Waals surface area contributed by atoms with Gasteiger partial charge in [0.05, 0.1) is 31.2 Å². The smallest absolute Gasteiger partial charge is 0.258 e. The number of ether oxygens (including phenoxy) is 2. The Morgan fingerprint density at radius 2 is 1.97 bits per heavy atom. The van der Waals surface area contributed by atoms with Crippen molar-refractivity contribution in [2.45, 2.75) is 20.1 Å². The zero-order valence-electron chi connectivity index (χ0n) is 17.3. The fraction of sp³-hybridized carbons (Fsp3) is 0.304. The highest BCUT2D eigenvalue weighted by atomic mass is 19.1. The number of morpholine rings is 1. The molecule has 0 amide bonds. The zero-order chi connectivity index (χ0) is 21.8. The number of hydrogen-bond donors (Lipinski definition) is 1. The van der Waals surface area contributed by atoms with Crippen molar-refractivity contribution in [3.05, 3.63) is 81.8 Å². The van der Waals surface area contributed by atoms with Crippen molar-refractivity contribution in [2.24, 2.45) is 0 Å². The van der Waals surface area contributed by atoms with E-state index in [1.165, 1.54) is 16.7 Å². The summed E-state index contributed by atoms with van der Waals surface area (Å²) in [5, 5.41) is 9.30. The van der Waals surface area contributed by atoms with Crippen molar-refractivity contribution in [2.75, 3.05) is 31.2 Å². The van der Waals surface area contributed by atoms with Crippen molar-refractivity contribution in [3.8, 4) is 11.4 Å². The Hall–Kier alpha value is -3.23. The van der Waals surface area contributed by atoms with E-state index in [2.05, 4.69) is 4.98 Å². The molecule has 0 radical (unpaired) electrons. The van der Waals surface area contributed by atoms with Crippen LogP contribution in [0.4, 0.5) is 10.1 Å². The average molecular weight is 425 g/mol. The van der Waals surface area contributed by atoms with E-state index in [1.54, 1.807) is 43.3 Å². The summed E-state index contributed by atoms with van der Waals surface area (Å²) in [6.45, 7) is 3.99. The van der Waals surface area contributed by atoms with Crippen molar-refractivity contribution < 1.29 is 19.0 Å². The number of rotatable bonds is 6. The molecule has 1 fully saturated rings. The van der Waals surface area contributed by atoms with Crippen LogP contribution in [0, 0.1) is 12.7 Å². The molecule has 162 valence electrons. The van der Waals surface area contributed by atoms with E-state index < -0.39 is 5.82 Å². The normalized spacial score (nSPS) is 14.0. The molecule has 0 aliphatic carbocycles. The van der Waals surface area contributed by atoms with Crippen LogP contribution in [0.25, 0.3) is 5.69 Å². The lowest BCUT2D eigenvalue weighted by Gasteiger charge is -2.29. The fourth-order valence-corrected chi connectivity index (χ4v) is 3.61. The molecule has 0 atom stereocenters. The largest absolute Gasteiger partial charge is 0.486 e. The summed E-state index contributed by atoms with van der Waals surface area (Å²) < 4.78 is 27.4. The lowest BCUT2D eigenvalue weighted by molar-refractivity contribution is 0.122. The third-order valence-electron chi connectivity index (χ3n) is 5.11. The minimum absolute atomic E-state index is 0.0125. The Bertz CT molecular complexity index is 1130. The van der Waals surface area contributed by atoms with Gasteiger partial charge in [0.1, 0.15) is 18.2 Å². The lowest BCUT2D eigenvalue weighted by Crippen LogP contribution is -2.36. The van der Waals surface area contributed by atoms with Crippen LogP contribution in [-0.2, 0) is 18.0 Å². The van der Waals surface area contributed by atoms with Crippen LogP contribution in [0.3, 0.4) is 0 Å². The summed E-state index contributed by atoms with van der Waals surface area (Å²) in [6, 6.07) is 13.2. The van der Waals surface area contributed by atoms with Crippen molar-refractivity contribution in [1.29, 1.82) is 0 Å². The van der Waals surface area contributed by atoms with Gasteiger partial charge in [-0.1, -0.05) is 12.1 Å². The van der Waals surface area contributed by atoms with Crippen molar-refractivity contribution in [3.63, 3.8) is 0 Å². The van der Waals surface area contributed by atoms with Gasteiger partial charge in [0.15, 0.2) is 5.82 Å². The molecule has 31 heavy (non-hydrogen) atoms. The third-order valence-corrected chi connectivity index (χ3v) is 5.11. The Balaban J connectivity index is 1.65. The quantitative estimate of drug-likeness (QED) is 0.654. The minimum Gasteiger partial charge on any atom is -0.486 e. The molecule has 7 nitrogen and oxygen atoms in total. The fourth-order valence-electron chi connectivity index (χ4n) is 3.61. The van der Waals surface area contributed by atoms with Gasteiger partial charge < -0.3 is 19.5 Å². The van der Waals surface area contributed by atoms with Gasteiger partial charge in [-0.25, -0.2) is 9.37 Å². The molecular weight excluding hydrogens is 401 g/mol. The van der Waals surface area contributed by atoms with Crippen LogP contribution in [0.15, 0.2) is 53.3 Å². The zero-order valence-corrected chi connectivity index (χ0v) is 17.3. The van der Waals surface area contributed by atoms with Crippen LogP contribution in [0.2, 0.25) is 0 Å². The number of hydrogen-bond acceptors (Lipinski definition) is 6. The van der Waals surface area contributed by atoms with E-state index in [1.807, 2.05) is 4.90 Å². The molecular formula is C23H24FN3O4. The van der Waals surface area contributed by atoms with Crippen molar-refractivity contribution >= 4 is 5.69 Å². The Kier molecular flexibility index (Phi) is 6.29. The van der Waals surface area contributed by atoms with Gasteiger partial charge >= 0.3 is 0 Å². The molecule has 2 aromatic carbocycles. The summed E-state index contributed by atoms with van der Waals surface area (Å²) in [5.41, 5.74) is 1.82. The van der Waals surface area contributed by atoms with Gasteiger partial charge in [-0.15, -0.1) is 0 Å². The highest BCUT2D eigenvalue weighted by molar-refractivity contribution is 5.53. The summed E-state index contributed by atoms with van der Waals surface area (Å²) in [7, 11) is 0. The SMILES string of the molecule is Cc1cc(=O)n(-c2ccc(N3CCOCC3)c(F)c2)c(COc2cccc(CO)c2)n1. The molecule has 8 heteroatoms. The Labute approximate surface area is 179 Å². The molecule has 1 aromatic heterocycles. The summed E-state index contributed by atoms with van der Waals surface area (Å²) in [5.74, 6) is 0.495. The van der Waals surface area contributed by atoms with Crippen LogP contribution in [-0.4, -0.2) is 41.0 Å². The first-order valence-corrected chi connectivity index (χ1v) is 10.1. The summed E-state index contributed by atoms with van der Waals surface area (Å²) in [4.78, 5) is 19.1. The molecule has 1 aliphatic heterocycles. The van der Waals surface area contributed by atoms with E-state index in [9.17, 15) is 14.3 Å². The van der Waals surface area contributed by atoms with Crippen LogP contribution in [0.5, 0.6) is 5.75 Å². The van der Waals surface area contributed by atoms with E-state index in [0.717, 1.165) is 0 Å². The molecule has 4 rings (SSSR count). The molecule has 1 aliphatic rings. The number of anilines is 1. The number of nitrogens with zero attached hydrogens (tertiary/aromatic N) is 3. The van der Waals surface area contributed by atoms with Gasteiger partial charge in [-0.05, 0) is 36.8 Å². The second-order valence-corrected chi connectivity index (χ2v) is 7.32. The van der Waals surface area contributed by atoms with Crippen LogP contribution < -0.4 is 15.2 Å². The van der Waals surface area contributed by atoms with E-state index in [4.69, 9.17) is 9.47 Å². The highest BCUT2D eigenvalue weighted by Crippen LogP contribution is 2.24. The Morgan fingerprint density at radius 3 is 2.71 bits per heavy atom. The third kappa shape index (κ3) is 4.76. The van der Waals surface area contributed by atoms with E-state index >= 15 is 0 Å². The van der Waals surface area contributed by atoms with Gasteiger partial charge in [0.2, 0.25) is 0 Å². The predicted octanol–water partition coefficient (Wildman–Crippen LogP) is 2.59. The molecule has 1 N–H and O–H groups in total. The van der Waals surface area contributed by atoms with Gasteiger partial charge in [0, 0.05) is 30.9 Å². The maximum atomic E-state index is 14.9. The molecule has 2 heterocycles. The molecule has 1 saturated heterocycles. The van der Waals surface area contributed by atoms with Crippen molar-refractivity contribution in [1.82, 2.24) is 9.55 Å². The second-order valence-electron chi connectivity index (χ2n) is 7.32. The van der Waals surface area contributed by atoms with Crippen LogP contribution >= 0.6 is 0 Å². The van der Waals surface area contributed by atoms with Gasteiger partial charge in [0.25, 0.3) is 5.56 Å². The number of aliphatic hydroxyl groups is 1. The van der Waals surface area contributed by atoms with Crippen LogP contribution in [0.1, 0.15) is 17.1 Å². The summed E-state index contributed by atoms with van der Waals surface area (Å²) >= 11 is 0.